The van der Waals surface area contributed by atoms with Gasteiger partial charge in [-0.15, -0.1) is 6.58 Å². The Hall–Kier alpha value is -1.84. The van der Waals surface area contributed by atoms with Crippen LogP contribution in [0.1, 0.15) is 31.1 Å². The highest BCUT2D eigenvalue weighted by Crippen LogP contribution is 2.25. The van der Waals surface area contributed by atoms with Crippen molar-refractivity contribution in [2.45, 2.75) is 26.3 Å². The van der Waals surface area contributed by atoms with E-state index in [0.29, 0.717) is 0 Å². The average molecular weight is 251 g/mol. The minimum Gasteiger partial charge on any atom is -0.507 e. The second kappa shape index (κ2) is 5.21. The van der Waals surface area contributed by atoms with Gasteiger partial charge in [-0.1, -0.05) is 12.1 Å². The van der Waals surface area contributed by atoms with E-state index in [0.717, 1.165) is 6.07 Å². The lowest BCUT2D eigenvalue weighted by atomic mass is 10.0. The molecule has 1 aromatic rings. The van der Waals surface area contributed by atoms with E-state index >= 15 is 0 Å². The number of aromatic hydroxyl groups is 1. The number of carbonyl (C=O) groups is 1. The maximum atomic E-state index is 13.7. The molecule has 0 aliphatic rings. The van der Waals surface area contributed by atoms with Crippen LogP contribution in [0.3, 0.4) is 0 Å². The van der Waals surface area contributed by atoms with Crippen LogP contribution in [0.4, 0.5) is 4.39 Å². The molecule has 0 atom stereocenters. The van der Waals surface area contributed by atoms with Gasteiger partial charge in [-0.3, -0.25) is 4.79 Å². The molecular weight excluding hydrogens is 233 g/mol. The van der Waals surface area contributed by atoms with Gasteiger partial charge in [0.05, 0.1) is 0 Å². The van der Waals surface area contributed by atoms with Gasteiger partial charge < -0.3 is 10.0 Å². The third-order valence-electron chi connectivity index (χ3n) is 2.57. The molecular formula is C14H18FNO2. The molecule has 98 valence electrons. The van der Waals surface area contributed by atoms with Gasteiger partial charge in [0, 0.05) is 12.1 Å². The Kier molecular flexibility index (Phi) is 4.11. The molecule has 0 aromatic heterocycles. The summed E-state index contributed by atoms with van der Waals surface area (Å²) >= 11 is 0. The molecule has 3 nitrogen and oxygen atoms in total. The lowest BCUT2D eigenvalue weighted by molar-refractivity contribution is 0.0608. The number of phenols is 1. The van der Waals surface area contributed by atoms with Crippen molar-refractivity contribution in [1.82, 2.24) is 4.90 Å². The maximum absolute atomic E-state index is 13.7. The molecule has 1 rings (SSSR count). The Bertz CT molecular complexity index is 443. The van der Waals surface area contributed by atoms with Gasteiger partial charge in [-0.2, -0.15) is 0 Å². The number of rotatable bonds is 3. The Morgan fingerprint density at radius 3 is 2.56 bits per heavy atom. The van der Waals surface area contributed by atoms with Crippen molar-refractivity contribution in [2.75, 3.05) is 6.54 Å². The minimum atomic E-state index is -0.724. The fourth-order valence-corrected chi connectivity index (χ4v) is 1.65. The molecule has 4 heteroatoms. The largest absolute Gasteiger partial charge is 0.507 e. The van der Waals surface area contributed by atoms with Crippen LogP contribution in [0.5, 0.6) is 5.75 Å². The van der Waals surface area contributed by atoms with E-state index in [-0.39, 0.29) is 17.9 Å². The molecule has 0 bridgehead atoms. The van der Waals surface area contributed by atoms with Crippen molar-refractivity contribution < 1.29 is 14.3 Å². The molecule has 0 radical (unpaired) electrons. The SMILES string of the molecule is C=CCN(C(=O)c1c(O)cccc1F)C(C)(C)C. The van der Waals surface area contributed by atoms with Crippen molar-refractivity contribution in [3.63, 3.8) is 0 Å². The first-order chi connectivity index (χ1) is 8.29. The van der Waals surface area contributed by atoms with Gasteiger partial charge in [0.1, 0.15) is 17.1 Å². The summed E-state index contributed by atoms with van der Waals surface area (Å²) in [7, 11) is 0. The molecule has 18 heavy (non-hydrogen) atoms. The van der Waals surface area contributed by atoms with Gasteiger partial charge in [0.25, 0.3) is 5.91 Å². The first-order valence-electron chi connectivity index (χ1n) is 5.69. The van der Waals surface area contributed by atoms with E-state index in [2.05, 4.69) is 6.58 Å². The summed E-state index contributed by atoms with van der Waals surface area (Å²) in [4.78, 5) is 13.8. The lowest BCUT2D eigenvalue weighted by Gasteiger charge is -2.35. The number of carbonyl (C=O) groups excluding carboxylic acids is 1. The third kappa shape index (κ3) is 2.88. The van der Waals surface area contributed by atoms with Crippen molar-refractivity contribution in [2.24, 2.45) is 0 Å². The molecule has 0 spiro atoms. The average Bonchev–Trinajstić information content (AvgIpc) is 2.23. The van der Waals surface area contributed by atoms with E-state index in [1.807, 2.05) is 20.8 Å². The molecule has 0 aliphatic carbocycles. The van der Waals surface area contributed by atoms with Crippen LogP contribution in [0.15, 0.2) is 30.9 Å². The number of hydrogen-bond donors (Lipinski definition) is 1. The Balaban J connectivity index is 3.22. The summed E-state index contributed by atoms with van der Waals surface area (Å²) in [6.07, 6.45) is 1.57. The normalized spacial score (nSPS) is 11.1. The number of phenolic OH excluding ortho intramolecular Hbond substituents is 1. The highest BCUT2D eigenvalue weighted by Gasteiger charge is 2.29. The third-order valence-corrected chi connectivity index (χ3v) is 2.57. The standard InChI is InChI=1S/C14H18FNO2/c1-5-9-16(14(2,3)4)13(18)12-10(15)7-6-8-11(12)17/h5-8,17H,1,9H2,2-4H3. The lowest BCUT2D eigenvalue weighted by Crippen LogP contribution is -2.46. The van der Waals surface area contributed by atoms with E-state index in [1.165, 1.54) is 17.0 Å². The highest BCUT2D eigenvalue weighted by atomic mass is 19.1. The number of nitrogens with zero attached hydrogens (tertiary/aromatic N) is 1. The Morgan fingerprint density at radius 2 is 2.11 bits per heavy atom. The van der Waals surface area contributed by atoms with Crippen LogP contribution in [0, 0.1) is 5.82 Å². The predicted octanol–water partition coefficient (Wildman–Crippen LogP) is 2.96. The molecule has 1 N–H and O–H groups in total. The summed E-state index contributed by atoms with van der Waals surface area (Å²) in [6.45, 7) is 9.39. The summed E-state index contributed by atoms with van der Waals surface area (Å²) in [5.41, 5.74) is -0.783. The zero-order valence-electron chi connectivity index (χ0n) is 10.9. The van der Waals surface area contributed by atoms with Gasteiger partial charge in [-0.25, -0.2) is 4.39 Å². The van der Waals surface area contributed by atoms with E-state index in [1.54, 1.807) is 6.08 Å². The quantitative estimate of drug-likeness (QED) is 0.839. The zero-order valence-corrected chi connectivity index (χ0v) is 10.9. The van der Waals surface area contributed by atoms with Crippen LogP contribution < -0.4 is 0 Å². The summed E-state index contributed by atoms with van der Waals surface area (Å²) < 4.78 is 13.7. The van der Waals surface area contributed by atoms with Crippen molar-refractivity contribution >= 4 is 5.91 Å². The summed E-state index contributed by atoms with van der Waals surface area (Å²) in [5, 5.41) is 9.63. The fraction of sp³-hybridized carbons (Fsp3) is 0.357. The maximum Gasteiger partial charge on any atom is 0.261 e. The fourth-order valence-electron chi connectivity index (χ4n) is 1.65. The highest BCUT2D eigenvalue weighted by molar-refractivity contribution is 5.97. The smallest absolute Gasteiger partial charge is 0.261 e. The molecule has 0 aliphatic heterocycles. The van der Waals surface area contributed by atoms with Gasteiger partial charge in [-0.05, 0) is 32.9 Å². The van der Waals surface area contributed by atoms with Crippen LogP contribution in [0.2, 0.25) is 0 Å². The monoisotopic (exact) mass is 251 g/mol. The van der Waals surface area contributed by atoms with E-state index in [9.17, 15) is 14.3 Å². The van der Waals surface area contributed by atoms with Crippen molar-refractivity contribution in [3.8, 4) is 5.75 Å². The second-order valence-corrected chi connectivity index (χ2v) is 5.01. The molecule has 0 heterocycles. The second-order valence-electron chi connectivity index (χ2n) is 5.01. The molecule has 0 saturated heterocycles. The Morgan fingerprint density at radius 1 is 1.50 bits per heavy atom. The van der Waals surface area contributed by atoms with Crippen molar-refractivity contribution in [3.05, 3.63) is 42.2 Å². The van der Waals surface area contributed by atoms with Crippen LogP contribution in [0.25, 0.3) is 0 Å². The van der Waals surface area contributed by atoms with Crippen LogP contribution in [-0.4, -0.2) is 28.0 Å². The number of benzene rings is 1. The van der Waals surface area contributed by atoms with E-state index < -0.39 is 17.3 Å². The first kappa shape index (κ1) is 14.2. The minimum absolute atomic E-state index is 0.288. The zero-order chi connectivity index (χ0) is 13.9. The first-order valence-corrected chi connectivity index (χ1v) is 5.69. The van der Waals surface area contributed by atoms with Gasteiger partial charge >= 0.3 is 0 Å². The topological polar surface area (TPSA) is 40.5 Å². The van der Waals surface area contributed by atoms with E-state index in [4.69, 9.17) is 0 Å². The van der Waals surface area contributed by atoms with Gasteiger partial charge in [0.15, 0.2) is 0 Å². The Labute approximate surface area is 107 Å². The summed E-state index contributed by atoms with van der Waals surface area (Å²) in [5.74, 6) is -1.62. The molecule has 0 saturated carbocycles. The van der Waals surface area contributed by atoms with Crippen LogP contribution >= 0.6 is 0 Å². The van der Waals surface area contributed by atoms with Crippen LogP contribution in [-0.2, 0) is 0 Å². The number of halogens is 1. The molecule has 0 unspecified atom stereocenters. The number of hydrogen-bond acceptors (Lipinski definition) is 2. The van der Waals surface area contributed by atoms with Crippen molar-refractivity contribution in [1.29, 1.82) is 0 Å². The summed E-state index contributed by atoms with van der Waals surface area (Å²) in [6, 6.07) is 3.81. The molecule has 1 aromatic carbocycles. The number of amides is 1. The molecule has 0 fully saturated rings. The van der Waals surface area contributed by atoms with Gasteiger partial charge in [0.2, 0.25) is 0 Å². The predicted molar refractivity (Wildman–Crippen MR) is 69.1 cm³/mol. The molecule has 1 amide bonds.